The fourth-order valence-corrected chi connectivity index (χ4v) is 8.89. The van der Waals surface area contributed by atoms with Crippen LogP contribution in [0.25, 0.3) is 66.2 Å². The summed E-state index contributed by atoms with van der Waals surface area (Å²) in [6.45, 7) is 6.82. The molecule has 0 radical (unpaired) electrons. The predicted octanol–water partition coefficient (Wildman–Crippen LogP) is 14.6. The largest absolute Gasteiger partial charge is 0.455 e. The first-order valence-corrected chi connectivity index (χ1v) is 19.6. The van der Waals surface area contributed by atoms with Crippen molar-refractivity contribution in [2.75, 3.05) is 4.90 Å². The number of furan rings is 1. The third-order valence-corrected chi connectivity index (χ3v) is 11.8. The van der Waals surface area contributed by atoms with E-state index in [2.05, 4.69) is 177 Å². The summed E-state index contributed by atoms with van der Waals surface area (Å²) < 4.78 is 6.86. The van der Waals surface area contributed by atoms with Crippen LogP contribution in [0.4, 0.5) is 17.1 Å². The van der Waals surface area contributed by atoms with Gasteiger partial charge < -0.3 is 15.1 Å². The number of nitrogens with zero attached hydrogens (tertiary/aromatic N) is 1. The normalized spacial score (nSPS) is 13.6. The van der Waals surface area contributed by atoms with E-state index < -0.39 is 0 Å². The van der Waals surface area contributed by atoms with Crippen molar-refractivity contribution in [2.45, 2.75) is 26.2 Å². The van der Waals surface area contributed by atoms with Crippen molar-refractivity contribution >= 4 is 61.0 Å². The highest BCUT2D eigenvalue weighted by Crippen LogP contribution is 2.51. The molecule has 1 heterocycles. The Hall–Kier alpha value is -7.10. The number of rotatable bonds is 7. The highest BCUT2D eigenvalue weighted by Gasteiger charge is 2.35. The van der Waals surface area contributed by atoms with E-state index in [1.165, 1.54) is 33.0 Å². The van der Waals surface area contributed by atoms with Gasteiger partial charge in [-0.2, -0.15) is 0 Å². The summed E-state index contributed by atoms with van der Waals surface area (Å²) in [6, 6.07) is 62.7. The monoisotopic (exact) mass is 734 g/mol. The van der Waals surface area contributed by atoms with Crippen LogP contribution in [-0.2, 0) is 5.41 Å². The van der Waals surface area contributed by atoms with Gasteiger partial charge in [-0.15, -0.1) is 0 Å². The van der Waals surface area contributed by atoms with Crippen molar-refractivity contribution < 1.29 is 4.42 Å². The highest BCUT2D eigenvalue weighted by molar-refractivity contribution is 6.24. The molecule has 0 amide bonds. The molecule has 2 N–H and O–H groups in total. The molecule has 0 saturated carbocycles. The standard InChI is InChI=1S/C54H42N2O/c1-35(25-32-49(55)37-15-6-4-7-16-37)42-22-14-24-50-51(42)52-43-20-11-10-17-38(43)33-46(53(52)57-50)36-26-28-40(29-27-36)56(39-18-8-5-9-19-39)41-30-31-45-44-21-12-13-23-47(44)54(2,3)48(45)34-41/h4-34H,55H2,1-3H3/b35-25+,49-32-. The van der Waals surface area contributed by atoms with Gasteiger partial charge in [-0.1, -0.05) is 147 Å². The van der Waals surface area contributed by atoms with Crippen molar-refractivity contribution in [3.8, 4) is 22.3 Å². The number of allylic oxidation sites excluding steroid dienone is 3. The average molecular weight is 735 g/mol. The molecule has 0 saturated heterocycles. The molecule has 1 aliphatic rings. The molecular formula is C54H42N2O. The fourth-order valence-electron chi connectivity index (χ4n) is 8.89. The van der Waals surface area contributed by atoms with Gasteiger partial charge in [-0.05, 0) is 117 Å². The molecule has 1 aromatic heterocycles. The fraction of sp³-hybridized carbons (Fsp3) is 0.0741. The minimum absolute atomic E-state index is 0.0946. The molecule has 0 bridgehead atoms. The molecule has 57 heavy (non-hydrogen) atoms. The van der Waals surface area contributed by atoms with Gasteiger partial charge in [0.1, 0.15) is 11.2 Å². The topological polar surface area (TPSA) is 42.4 Å². The van der Waals surface area contributed by atoms with Gasteiger partial charge >= 0.3 is 0 Å². The molecule has 0 fully saturated rings. The van der Waals surface area contributed by atoms with Gasteiger partial charge in [0.25, 0.3) is 0 Å². The summed E-state index contributed by atoms with van der Waals surface area (Å²) in [7, 11) is 0. The summed E-state index contributed by atoms with van der Waals surface area (Å²) in [6.07, 6.45) is 4.11. The van der Waals surface area contributed by atoms with Crippen molar-refractivity contribution in [2.24, 2.45) is 5.73 Å². The highest BCUT2D eigenvalue weighted by atomic mass is 16.3. The second-order valence-corrected chi connectivity index (χ2v) is 15.6. The molecule has 0 atom stereocenters. The Bertz CT molecular complexity index is 3040. The average Bonchev–Trinajstić information content (AvgIpc) is 3.76. The molecule has 0 unspecified atom stereocenters. The van der Waals surface area contributed by atoms with E-state index >= 15 is 0 Å². The summed E-state index contributed by atoms with van der Waals surface area (Å²) in [4.78, 5) is 2.36. The van der Waals surface area contributed by atoms with E-state index in [4.69, 9.17) is 10.2 Å². The molecule has 274 valence electrons. The van der Waals surface area contributed by atoms with E-state index in [1.807, 2.05) is 36.4 Å². The van der Waals surface area contributed by atoms with Crippen LogP contribution in [0.5, 0.6) is 0 Å². The quantitative estimate of drug-likeness (QED) is 0.166. The summed E-state index contributed by atoms with van der Waals surface area (Å²) in [5.41, 5.74) is 23.0. The van der Waals surface area contributed by atoms with Gasteiger partial charge in [0.15, 0.2) is 0 Å². The second kappa shape index (κ2) is 13.6. The van der Waals surface area contributed by atoms with Crippen LogP contribution >= 0.6 is 0 Å². The van der Waals surface area contributed by atoms with E-state index in [9.17, 15) is 0 Å². The van der Waals surface area contributed by atoms with Gasteiger partial charge in [-0.3, -0.25) is 0 Å². The molecule has 1 aliphatic carbocycles. The Balaban J connectivity index is 1.09. The van der Waals surface area contributed by atoms with Crippen molar-refractivity contribution in [3.63, 3.8) is 0 Å². The number of hydrogen-bond acceptors (Lipinski definition) is 3. The van der Waals surface area contributed by atoms with Crippen LogP contribution in [0, 0.1) is 0 Å². The Labute approximate surface area is 333 Å². The number of para-hydroxylation sites is 1. The Morgan fingerprint density at radius 3 is 2.04 bits per heavy atom. The third kappa shape index (κ3) is 5.74. The van der Waals surface area contributed by atoms with Gasteiger partial charge in [-0.25, -0.2) is 0 Å². The molecule has 0 spiro atoms. The molecule has 10 rings (SSSR count). The van der Waals surface area contributed by atoms with Gasteiger partial charge in [0.05, 0.1) is 0 Å². The maximum Gasteiger partial charge on any atom is 0.143 e. The predicted molar refractivity (Wildman–Crippen MR) is 241 cm³/mol. The molecule has 3 nitrogen and oxygen atoms in total. The lowest BCUT2D eigenvalue weighted by Crippen LogP contribution is -2.16. The van der Waals surface area contributed by atoms with Crippen LogP contribution in [0.3, 0.4) is 0 Å². The zero-order chi connectivity index (χ0) is 38.7. The van der Waals surface area contributed by atoms with Gasteiger partial charge in [0.2, 0.25) is 0 Å². The second-order valence-electron chi connectivity index (χ2n) is 15.6. The molecular weight excluding hydrogens is 693 g/mol. The first-order chi connectivity index (χ1) is 27.9. The number of fused-ring (bicyclic) bond motifs is 8. The maximum absolute atomic E-state index is 6.86. The van der Waals surface area contributed by atoms with E-state index in [1.54, 1.807) is 0 Å². The smallest absolute Gasteiger partial charge is 0.143 e. The van der Waals surface area contributed by atoms with Crippen LogP contribution < -0.4 is 10.6 Å². The lowest BCUT2D eigenvalue weighted by molar-refractivity contribution is 0.660. The zero-order valence-corrected chi connectivity index (χ0v) is 32.3. The number of anilines is 3. The third-order valence-electron chi connectivity index (χ3n) is 11.8. The minimum Gasteiger partial charge on any atom is -0.455 e. The molecule has 3 heteroatoms. The van der Waals surface area contributed by atoms with Crippen LogP contribution in [0.15, 0.2) is 192 Å². The molecule has 8 aromatic carbocycles. The first kappa shape index (κ1) is 34.4. The summed E-state index contributed by atoms with van der Waals surface area (Å²) in [5.74, 6) is 0. The van der Waals surface area contributed by atoms with E-state index in [0.29, 0.717) is 0 Å². The van der Waals surface area contributed by atoms with Crippen LogP contribution in [-0.4, -0.2) is 0 Å². The molecule has 0 aliphatic heterocycles. The van der Waals surface area contributed by atoms with Crippen LogP contribution in [0.2, 0.25) is 0 Å². The number of nitrogens with two attached hydrogens (primary N) is 1. The lowest BCUT2D eigenvalue weighted by Gasteiger charge is -2.28. The molecule has 9 aromatic rings. The SMILES string of the molecule is C/C(=C\C=C(/N)c1ccccc1)c1cccc2oc3c(-c4ccc(N(c5ccccc5)c5ccc6c(c5)C(C)(C)c5ccccc5-6)cc4)cc4ccccc4c3c12. The van der Waals surface area contributed by atoms with Crippen LogP contribution in [0.1, 0.15) is 43.0 Å². The minimum atomic E-state index is -0.0946. The Kier molecular flexibility index (Phi) is 8.19. The van der Waals surface area contributed by atoms with E-state index in [-0.39, 0.29) is 5.41 Å². The van der Waals surface area contributed by atoms with E-state index in [0.717, 1.165) is 72.5 Å². The number of benzene rings is 8. The van der Waals surface area contributed by atoms with Crippen molar-refractivity contribution in [1.82, 2.24) is 0 Å². The Morgan fingerprint density at radius 1 is 0.561 bits per heavy atom. The Morgan fingerprint density at radius 2 is 1.23 bits per heavy atom. The summed E-state index contributed by atoms with van der Waals surface area (Å²) >= 11 is 0. The van der Waals surface area contributed by atoms with Crippen molar-refractivity contribution in [1.29, 1.82) is 0 Å². The summed E-state index contributed by atoms with van der Waals surface area (Å²) in [5, 5.41) is 4.57. The number of hydrogen-bond donors (Lipinski definition) is 1. The first-order valence-electron chi connectivity index (χ1n) is 19.6. The van der Waals surface area contributed by atoms with Gasteiger partial charge in [0, 0.05) is 44.5 Å². The zero-order valence-electron chi connectivity index (χ0n) is 32.3. The lowest BCUT2D eigenvalue weighted by atomic mass is 9.82. The maximum atomic E-state index is 6.86. The van der Waals surface area contributed by atoms with Crippen molar-refractivity contribution in [3.05, 3.63) is 210 Å².